The molecule has 0 aromatic carbocycles. The fourth-order valence-electron chi connectivity index (χ4n) is 1.69. The van der Waals surface area contributed by atoms with Crippen LogP contribution in [-0.4, -0.2) is 65.9 Å². The van der Waals surface area contributed by atoms with Crippen molar-refractivity contribution in [2.75, 3.05) is 26.7 Å². The van der Waals surface area contributed by atoms with Crippen molar-refractivity contribution in [1.29, 1.82) is 0 Å². The maximum Gasteiger partial charge on any atom is 0.334 e. The molecule has 0 spiro atoms. The predicted molar refractivity (Wildman–Crippen MR) is 58.7 cm³/mol. The van der Waals surface area contributed by atoms with E-state index in [9.17, 15) is 14.4 Å². The number of urea groups is 1. The summed E-state index contributed by atoms with van der Waals surface area (Å²) in [6.07, 6.45) is -1.12. The molecule has 1 saturated heterocycles. The van der Waals surface area contributed by atoms with Gasteiger partial charge in [-0.15, -0.1) is 0 Å². The first-order chi connectivity index (χ1) is 8.45. The summed E-state index contributed by atoms with van der Waals surface area (Å²) >= 11 is 0. The SMILES string of the molecule is COC(=O)C1CCN(C(=O)NC[C@H](O)C(=O)O)C1. The summed E-state index contributed by atoms with van der Waals surface area (Å²) in [5, 5.41) is 19.7. The highest BCUT2D eigenvalue weighted by atomic mass is 16.5. The zero-order chi connectivity index (χ0) is 13.7. The Morgan fingerprint density at radius 1 is 1.50 bits per heavy atom. The second kappa shape index (κ2) is 6.20. The first kappa shape index (κ1) is 14.2. The molecule has 1 heterocycles. The molecule has 18 heavy (non-hydrogen) atoms. The number of amides is 2. The van der Waals surface area contributed by atoms with E-state index >= 15 is 0 Å². The quantitative estimate of drug-likeness (QED) is 0.537. The van der Waals surface area contributed by atoms with Crippen LogP contribution in [0.15, 0.2) is 0 Å². The summed E-state index contributed by atoms with van der Waals surface area (Å²) in [6.45, 7) is 0.268. The van der Waals surface area contributed by atoms with E-state index in [1.165, 1.54) is 12.0 Å². The zero-order valence-corrected chi connectivity index (χ0v) is 9.96. The summed E-state index contributed by atoms with van der Waals surface area (Å²) in [7, 11) is 1.29. The monoisotopic (exact) mass is 260 g/mol. The lowest BCUT2D eigenvalue weighted by atomic mass is 10.1. The number of carboxylic acid groups (broad SMARTS) is 1. The van der Waals surface area contributed by atoms with Crippen molar-refractivity contribution in [2.45, 2.75) is 12.5 Å². The van der Waals surface area contributed by atoms with Gasteiger partial charge in [-0.3, -0.25) is 4.79 Å². The second-order valence-electron chi connectivity index (χ2n) is 3.99. The number of methoxy groups -OCH3 is 1. The third-order valence-corrected chi connectivity index (χ3v) is 2.74. The highest BCUT2D eigenvalue weighted by Crippen LogP contribution is 2.17. The normalized spacial score (nSPS) is 20.3. The van der Waals surface area contributed by atoms with Crippen molar-refractivity contribution in [3.63, 3.8) is 0 Å². The molecule has 1 unspecified atom stereocenters. The van der Waals surface area contributed by atoms with Crippen molar-refractivity contribution >= 4 is 18.0 Å². The van der Waals surface area contributed by atoms with Crippen LogP contribution in [0.25, 0.3) is 0 Å². The van der Waals surface area contributed by atoms with Gasteiger partial charge in [-0.1, -0.05) is 0 Å². The molecule has 1 fully saturated rings. The minimum atomic E-state index is -1.63. The van der Waals surface area contributed by atoms with Crippen molar-refractivity contribution in [2.24, 2.45) is 5.92 Å². The van der Waals surface area contributed by atoms with Gasteiger partial charge in [0, 0.05) is 13.1 Å². The predicted octanol–water partition coefficient (Wildman–Crippen LogP) is -1.36. The van der Waals surface area contributed by atoms with E-state index in [1.54, 1.807) is 0 Å². The number of carbonyl (C=O) groups excluding carboxylic acids is 2. The number of esters is 1. The van der Waals surface area contributed by atoms with Crippen LogP contribution in [0.5, 0.6) is 0 Å². The molecule has 102 valence electrons. The highest BCUT2D eigenvalue weighted by molar-refractivity contribution is 5.79. The number of carboxylic acids is 1. The average molecular weight is 260 g/mol. The van der Waals surface area contributed by atoms with E-state index in [0.717, 1.165) is 0 Å². The number of ether oxygens (including phenoxy) is 1. The molecule has 2 amide bonds. The molecule has 3 N–H and O–H groups in total. The van der Waals surface area contributed by atoms with Crippen LogP contribution >= 0.6 is 0 Å². The van der Waals surface area contributed by atoms with E-state index in [4.69, 9.17) is 10.2 Å². The zero-order valence-electron chi connectivity index (χ0n) is 9.96. The van der Waals surface area contributed by atoms with E-state index in [-0.39, 0.29) is 25.0 Å². The molecular weight excluding hydrogens is 244 g/mol. The Morgan fingerprint density at radius 2 is 2.17 bits per heavy atom. The van der Waals surface area contributed by atoms with E-state index in [2.05, 4.69) is 10.1 Å². The van der Waals surface area contributed by atoms with Gasteiger partial charge in [-0.25, -0.2) is 9.59 Å². The molecule has 0 aromatic rings. The number of carbonyl (C=O) groups is 3. The largest absolute Gasteiger partial charge is 0.479 e. The van der Waals surface area contributed by atoms with Crippen LogP contribution in [0, 0.1) is 5.92 Å². The molecule has 8 heteroatoms. The fraction of sp³-hybridized carbons (Fsp3) is 0.700. The molecular formula is C10H16N2O6. The van der Waals surface area contributed by atoms with E-state index in [0.29, 0.717) is 13.0 Å². The van der Waals surface area contributed by atoms with Crippen LogP contribution in [0.1, 0.15) is 6.42 Å². The van der Waals surface area contributed by atoms with Gasteiger partial charge in [-0.2, -0.15) is 0 Å². The van der Waals surface area contributed by atoms with Crippen LogP contribution in [0.3, 0.4) is 0 Å². The van der Waals surface area contributed by atoms with Crippen LogP contribution in [-0.2, 0) is 14.3 Å². The second-order valence-corrected chi connectivity index (χ2v) is 3.99. The average Bonchev–Trinajstić information content (AvgIpc) is 2.83. The maximum atomic E-state index is 11.6. The standard InChI is InChI=1S/C10H16N2O6/c1-18-9(16)6-2-3-12(5-6)10(17)11-4-7(13)8(14)15/h6-7,13H,2-5H2,1H3,(H,11,17)(H,14,15)/t6?,7-/m0/s1. The van der Waals surface area contributed by atoms with Gasteiger partial charge in [0.2, 0.25) is 0 Å². The van der Waals surface area contributed by atoms with E-state index in [1.807, 2.05) is 0 Å². The minimum Gasteiger partial charge on any atom is -0.479 e. The summed E-state index contributed by atoms with van der Waals surface area (Å²) in [6, 6.07) is -0.498. The van der Waals surface area contributed by atoms with E-state index < -0.39 is 18.1 Å². The maximum absolute atomic E-state index is 11.6. The van der Waals surface area contributed by atoms with Crippen LogP contribution in [0.2, 0.25) is 0 Å². The number of aliphatic carboxylic acids is 1. The van der Waals surface area contributed by atoms with Gasteiger partial charge < -0.3 is 25.2 Å². The molecule has 0 radical (unpaired) electrons. The van der Waals surface area contributed by atoms with Gasteiger partial charge in [0.15, 0.2) is 6.10 Å². The molecule has 0 aromatic heterocycles. The third kappa shape index (κ3) is 3.59. The van der Waals surface area contributed by atoms with Crippen molar-refractivity contribution in [1.82, 2.24) is 10.2 Å². The molecule has 2 atom stereocenters. The number of nitrogens with one attached hydrogen (secondary N) is 1. The first-order valence-corrected chi connectivity index (χ1v) is 5.47. The minimum absolute atomic E-state index is 0.238. The lowest BCUT2D eigenvalue weighted by Crippen LogP contribution is -2.43. The molecule has 0 aliphatic carbocycles. The lowest BCUT2D eigenvalue weighted by Gasteiger charge is -2.17. The Balaban J connectivity index is 2.36. The van der Waals surface area contributed by atoms with Gasteiger partial charge >= 0.3 is 18.0 Å². The number of aliphatic hydroxyl groups excluding tert-OH is 1. The Hall–Kier alpha value is -1.83. The molecule has 0 bridgehead atoms. The number of hydrogen-bond acceptors (Lipinski definition) is 5. The topological polar surface area (TPSA) is 116 Å². The summed E-state index contributed by atoms with van der Waals surface area (Å²) < 4.78 is 4.58. The number of likely N-dealkylation sites (tertiary alicyclic amines) is 1. The first-order valence-electron chi connectivity index (χ1n) is 5.47. The van der Waals surface area contributed by atoms with Crippen molar-refractivity contribution < 1.29 is 29.3 Å². The number of rotatable bonds is 4. The number of aliphatic hydroxyl groups is 1. The van der Waals surface area contributed by atoms with Gasteiger partial charge in [-0.05, 0) is 6.42 Å². The van der Waals surface area contributed by atoms with Crippen molar-refractivity contribution in [3.8, 4) is 0 Å². The van der Waals surface area contributed by atoms with Crippen LogP contribution < -0.4 is 5.32 Å². The third-order valence-electron chi connectivity index (χ3n) is 2.74. The molecule has 0 saturated carbocycles. The number of hydrogen-bond donors (Lipinski definition) is 3. The van der Waals surface area contributed by atoms with Crippen LogP contribution in [0.4, 0.5) is 4.79 Å². The fourth-order valence-corrected chi connectivity index (χ4v) is 1.69. The van der Waals surface area contributed by atoms with Gasteiger partial charge in [0.1, 0.15) is 0 Å². The summed E-state index contributed by atoms with van der Waals surface area (Å²) in [5.74, 6) is -2.11. The van der Waals surface area contributed by atoms with Gasteiger partial charge in [0.05, 0.1) is 19.6 Å². The van der Waals surface area contributed by atoms with Crippen molar-refractivity contribution in [3.05, 3.63) is 0 Å². The summed E-state index contributed by atoms with van der Waals surface area (Å²) in [4.78, 5) is 34.5. The Morgan fingerprint density at radius 3 is 2.72 bits per heavy atom. The van der Waals surface area contributed by atoms with Gasteiger partial charge in [0.25, 0.3) is 0 Å². The molecule has 8 nitrogen and oxygen atoms in total. The smallest absolute Gasteiger partial charge is 0.334 e. The molecule has 1 aliphatic heterocycles. The Bertz CT molecular complexity index is 345. The molecule has 1 aliphatic rings. The summed E-state index contributed by atoms with van der Waals surface area (Å²) in [5.41, 5.74) is 0. The number of nitrogens with zero attached hydrogens (tertiary/aromatic N) is 1. The lowest BCUT2D eigenvalue weighted by molar-refractivity contribution is -0.146. The Labute approximate surface area is 104 Å². The highest BCUT2D eigenvalue weighted by Gasteiger charge is 2.31. The molecule has 1 rings (SSSR count). The Kier molecular flexibility index (Phi) is 4.90.